The van der Waals surface area contributed by atoms with Gasteiger partial charge in [-0.25, -0.2) is 4.98 Å². The first-order chi connectivity index (χ1) is 10.5. The predicted octanol–water partition coefficient (Wildman–Crippen LogP) is 2.91. The average Bonchev–Trinajstić information content (AvgIpc) is 2.98. The number of hydrogen-bond acceptors (Lipinski definition) is 4. The number of carbonyl (C=O) groups is 1. The molecular formula is C17H22N2O2S. The molecule has 0 saturated carbocycles. The molecule has 2 N–H and O–H groups in total. The molecule has 0 aliphatic heterocycles. The van der Waals surface area contributed by atoms with Crippen LogP contribution in [-0.2, 0) is 6.42 Å². The summed E-state index contributed by atoms with van der Waals surface area (Å²) in [7, 11) is 0. The van der Waals surface area contributed by atoms with Crippen molar-refractivity contribution in [3.63, 3.8) is 0 Å². The lowest BCUT2D eigenvalue weighted by Gasteiger charge is -2.17. The third-order valence-corrected chi connectivity index (χ3v) is 4.35. The molecule has 2 rings (SSSR count). The molecule has 0 fully saturated rings. The number of aliphatic hydroxyl groups excluding tert-OH is 1. The summed E-state index contributed by atoms with van der Waals surface area (Å²) in [6, 6.07) is 7.82. The van der Waals surface area contributed by atoms with Gasteiger partial charge in [-0.3, -0.25) is 4.79 Å². The first-order valence-corrected chi connectivity index (χ1v) is 8.30. The molecule has 2 aromatic rings. The molecule has 0 spiro atoms. The van der Waals surface area contributed by atoms with Gasteiger partial charge < -0.3 is 10.4 Å². The summed E-state index contributed by atoms with van der Waals surface area (Å²) < 4.78 is 0. The molecule has 0 aliphatic carbocycles. The summed E-state index contributed by atoms with van der Waals surface area (Å²) in [6.07, 6.45) is 0.609. The van der Waals surface area contributed by atoms with E-state index >= 15 is 0 Å². The van der Waals surface area contributed by atoms with Gasteiger partial charge >= 0.3 is 0 Å². The van der Waals surface area contributed by atoms with E-state index in [0.717, 1.165) is 11.3 Å². The average molecular weight is 318 g/mol. The molecule has 118 valence electrons. The van der Waals surface area contributed by atoms with Gasteiger partial charge in [0.15, 0.2) is 0 Å². The maximum Gasteiger partial charge on any atom is 0.263 e. The molecule has 0 radical (unpaired) electrons. The molecule has 1 amide bonds. The maximum atomic E-state index is 12.4. The van der Waals surface area contributed by atoms with Crippen molar-refractivity contribution >= 4 is 17.2 Å². The molecule has 1 heterocycles. The highest BCUT2D eigenvalue weighted by atomic mass is 32.1. The summed E-state index contributed by atoms with van der Waals surface area (Å²) in [5, 5.41) is 12.4. The van der Waals surface area contributed by atoms with E-state index in [1.54, 1.807) is 5.51 Å². The summed E-state index contributed by atoms with van der Waals surface area (Å²) in [5.41, 5.74) is 4.80. The van der Waals surface area contributed by atoms with E-state index in [1.165, 1.54) is 16.9 Å². The summed E-state index contributed by atoms with van der Waals surface area (Å²) in [5.74, 6) is 0.0500. The van der Waals surface area contributed by atoms with E-state index in [-0.39, 0.29) is 24.5 Å². The van der Waals surface area contributed by atoms with Gasteiger partial charge in [0.05, 0.1) is 23.9 Å². The van der Waals surface area contributed by atoms with Crippen LogP contribution in [0.2, 0.25) is 0 Å². The Morgan fingerprint density at radius 2 is 2.00 bits per heavy atom. The number of carbonyl (C=O) groups excluding carboxylic acids is 1. The van der Waals surface area contributed by atoms with Gasteiger partial charge in [0.1, 0.15) is 4.88 Å². The second kappa shape index (κ2) is 7.51. The van der Waals surface area contributed by atoms with Crippen LogP contribution in [0.4, 0.5) is 0 Å². The van der Waals surface area contributed by atoms with E-state index in [4.69, 9.17) is 0 Å². The first-order valence-electron chi connectivity index (χ1n) is 7.42. The van der Waals surface area contributed by atoms with Crippen LogP contribution in [0, 0.1) is 6.92 Å². The zero-order chi connectivity index (χ0) is 16.1. The first kappa shape index (κ1) is 16.6. The largest absolute Gasteiger partial charge is 0.394 e. The van der Waals surface area contributed by atoms with E-state index < -0.39 is 0 Å². The minimum atomic E-state index is -0.294. The van der Waals surface area contributed by atoms with Gasteiger partial charge in [-0.1, -0.05) is 43.7 Å². The van der Waals surface area contributed by atoms with Crippen LogP contribution in [0.25, 0.3) is 0 Å². The van der Waals surface area contributed by atoms with Crippen LogP contribution < -0.4 is 5.32 Å². The predicted molar refractivity (Wildman–Crippen MR) is 89.4 cm³/mol. The lowest BCUT2D eigenvalue weighted by molar-refractivity contribution is 0.0919. The van der Waals surface area contributed by atoms with E-state index in [0.29, 0.717) is 11.3 Å². The molecule has 4 nitrogen and oxygen atoms in total. The number of aromatic nitrogens is 1. The highest BCUT2D eigenvalue weighted by Gasteiger charge is 2.20. The van der Waals surface area contributed by atoms with Crippen LogP contribution in [0.15, 0.2) is 29.8 Å². The number of nitrogens with one attached hydrogen (secondary N) is 1. The normalized spacial score (nSPS) is 12.4. The van der Waals surface area contributed by atoms with Crippen molar-refractivity contribution in [1.29, 1.82) is 0 Å². The van der Waals surface area contributed by atoms with Crippen molar-refractivity contribution in [3.05, 3.63) is 51.5 Å². The SMILES string of the molecule is Cc1ccc(CC(CO)NC(=O)c2scnc2C(C)C)cc1. The highest BCUT2D eigenvalue weighted by molar-refractivity contribution is 7.11. The third kappa shape index (κ3) is 4.15. The second-order valence-corrected chi connectivity index (χ2v) is 6.62. The van der Waals surface area contributed by atoms with Crippen molar-refractivity contribution < 1.29 is 9.90 Å². The van der Waals surface area contributed by atoms with Gasteiger partial charge in [0, 0.05) is 0 Å². The third-order valence-electron chi connectivity index (χ3n) is 3.51. The zero-order valence-electron chi connectivity index (χ0n) is 13.2. The number of thiazole rings is 1. The van der Waals surface area contributed by atoms with Crippen molar-refractivity contribution in [2.45, 2.75) is 39.2 Å². The number of nitrogens with zero attached hydrogens (tertiary/aromatic N) is 1. The van der Waals surface area contributed by atoms with Crippen LogP contribution in [0.1, 0.15) is 46.3 Å². The Labute approximate surface area is 135 Å². The van der Waals surface area contributed by atoms with Gasteiger partial charge in [0.25, 0.3) is 5.91 Å². The molecular weight excluding hydrogens is 296 g/mol. The van der Waals surface area contributed by atoms with Crippen molar-refractivity contribution in [1.82, 2.24) is 10.3 Å². The smallest absolute Gasteiger partial charge is 0.263 e. The topological polar surface area (TPSA) is 62.2 Å². The Hall–Kier alpha value is -1.72. The fourth-order valence-corrected chi connectivity index (χ4v) is 3.10. The Kier molecular flexibility index (Phi) is 5.69. The number of hydrogen-bond donors (Lipinski definition) is 2. The fourth-order valence-electron chi connectivity index (χ4n) is 2.26. The van der Waals surface area contributed by atoms with E-state index in [1.807, 2.05) is 45.0 Å². The summed E-state index contributed by atoms with van der Waals surface area (Å²) in [6.45, 7) is 5.98. The quantitative estimate of drug-likeness (QED) is 0.861. The Bertz CT molecular complexity index is 620. The Balaban J connectivity index is 2.04. The van der Waals surface area contributed by atoms with Gasteiger partial charge in [-0.05, 0) is 24.8 Å². The minimum Gasteiger partial charge on any atom is -0.394 e. The number of rotatable bonds is 6. The standard InChI is InChI=1S/C17H22N2O2S/c1-11(2)15-16(22-10-18-15)17(21)19-14(9-20)8-13-6-4-12(3)5-7-13/h4-7,10-11,14,20H,8-9H2,1-3H3,(H,19,21). The van der Waals surface area contributed by atoms with Gasteiger partial charge in [-0.15, -0.1) is 11.3 Å². The molecule has 0 aliphatic rings. The summed E-state index contributed by atoms with van der Waals surface area (Å²) in [4.78, 5) is 17.3. The molecule has 1 aromatic heterocycles. The second-order valence-electron chi connectivity index (χ2n) is 5.76. The minimum absolute atomic E-state index is 0.0879. The fraction of sp³-hybridized carbons (Fsp3) is 0.412. The lowest BCUT2D eigenvalue weighted by Crippen LogP contribution is -2.39. The monoisotopic (exact) mass is 318 g/mol. The van der Waals surface area contributed by atoms with E-state index in [2.05, 4.69) is 10.3 Å². The van der Waals surface area contributed by atoms with Crippen LogP contribution in [-0.4, -0.2) is 28.6 Å². The molecule has 0 bridgehead atoms. The highest BCUT2D eigenvalue weighted by Crippen LogP contribution is 2.21. The van der Waals surface area contributed by atoms with Crippen molar-refractivity contribution in [2.75, 3.05) is 6.61 Å². The molecule has 5 heteroatoms. The Morgan fingerprint density at radius 3 is 2.59 bits per heavy atom. The number of amides is 1. The van der Waals surface area contributed by atoms with Crippen molar-refractivity contribution in [3.8, 4) is 0 Å². The molecule has 1 aromatic carbocycles. The molecule has 0 saturated heterocycles. The summed E-state index contributed by atoms with van der Waals surface area (Å²) >= 11 is 1.34. The van der Waals surface area contributed by atoms with Crippen molar-refractivity contribution in [2.24, 2.45) is 0 Å². The molecule has 1 atom stereocenters. The lowest BCUT2D eigenvalue weighted by atomic mass is 10.0. The molecule has 1 unspecified atom stereocenters. The van der Waals surface area contributed by atoms with Crippen LogP contribution in [0.3, 0.4) is 0 Å². The van der Waals surface area contributed by atoms with Crippen LogP contribution in [0.5, 0.6) is 0 Å². The number of aryl methyl sites for hydroxylation is 1. The number of aliphatic hydroxyl groups is 1. The van der Waals surface area contributed by atoms with Gasteiger partial charge in [-0.2, -0.15) is 0 Å². The van der Waals surface area contributed by atoms with Crippen LogP contribution >= 0.6 is 11.3 Å². The zero-order valence-corrected chi connectivity index (χ0v) is 14.0. The Morgan fingerprint density at radius 1 is 1.32 bits per heavy atom. The van der Waals surface area contributed by atoms with Gasteiger partial charge in [0.2, 0.25) is 0 Å². The molecule has 22 heavy (non-hydrogen) atoms. The number of benzene rings is 1. The van der Waals surface area contributed by atoms with E-state index in [9.17, 15) is 9.90 Å². The maximum absolute atomic E-state index is 12.4.